The molecule has 0 amide bonds. The number of methoxy groups -OCH3 is 1. The molecule has 0 saturated carbocycles. The maximum atomic E-state index is 5.52. The molecule has 1 N–H and O–H groups in total. The summed E-state index contributed by atoms with van der Waals surface area (Å²) in [6.07, 6.45) is 0. The first kappa shape index (κ1) is 16.0. The fourth-order valence-electron chi connectivity index (χ4n) is 2.12. The number of thiophene rings is 1. The summed E-state index contributed by atoms with van der Waals surface area (Å²) in [5, 5.41) is 3.55. The largest absolute Gasteiger partial charge is 0.496 e. The minimum atomic E-state index is 0.141. The van der Waals surface area contributed by atoms with E-state index in [1.165, 1.54) is 14.2 Å². The smallest absolute Gasteiger partial charge is 0.124 e. The molecule has 0 radical (unpaired) electrons. The normalized spacial score (nSPS) is 12.4. The monoisotopic (exact) mass is 417 g/mol. The van der Waals surface area contributed by atoms with E-state index in [1.54, 1.807) is 18.4 Å². The van der Waals surface area contributed by atoms with Gasteiger partial charge in [0.1, 0.15) is 5.75 Å². The highest BCUT2D eigenvalue weighted by Gasteiger charge is 2.20. The van der Waals surface area contributed by atoms with E-state index in [1.807, 2.05) is 12.1 Å². The average molecular weight is 419 g/mol. The van der Waals surface area contributed by atoms with Crippen molar-refractivity contribution in [2.45, 2.75) is 19.9 Å². The Bertz CT molecular complexity index is 578. The van der Waals surface area contributed by atoms with Crippen molar-refractivity contribution >= 4 is 43.2 Å². The first-order chi connectivity index (χ1) is 9.56. The number of rotatable bonds is 5. The summed E-state index contributed by atoms with van der Waals surface area (Å²) in [6, 6.07) is 8.49. The topological polar surface area (TPSA) is 21.3 Å². The molecule has 0 spiro atoms. The summed E-state index contributed by atoms with van der Waals surface area (Å²) >= 11 is 8.92. The number of halogens is 2. The molecule has 1 aromatic carbocycles. The Morgan fingerprint density at radius 2 is 2.05 bits per heavy atom. The summed E-state index contributed by atoms with van der Waals surface area (Å²) in [5.74, 6) is 0.904. The van der Waals surface area contributed by atoms with E-state index >= 15 is 0 Å². The molecule has 0 saturated heterocycles. The van der Waals surface area contributed by atoms with E-state index in [2.05, 4.69) is 63.2 Å². The molecule has 2 rings (SSSR count). The number of hydrogen-bond donors (Lipinski definition) is 1. The summed E-state index contributed by atoms with van der Waals surface area (Å²) in [7, 11) is 1.71. The van der Waals surface area contributed by atoms with Gasteiger partial charge in [-0.05, 0) is 59.2 Å². The van der Waals surface area contributed by atoms with Crippen LogP contribution < -0.4 is 10.1 Å². The van der Waals surface area contributed by atoms with E-state index in [9.17, 15) is 0 Å². The summed E-state index contributed by atoms with van der Waals surface area (Å²) in [5.41, 5.74) is 2.42. The zero-order chi connectivity index (χ0) is 14.7. The van der Waals surface area contributed by atoms with Gasteiger partial charge < -0.3 is 10.1 Å². The van der Waals surface area contributed by atoms with E-state index in [4.69, 9.17) is 4.74 Å². The van der Waals surface area contributed by atoms with E-state index < -0.39 is 0 Å². The van der Waals surface area contributed by atoms with Gasteiger partial charge in [0.2, 0.25) is 0 Å². The molecule has 2 nitrogen and oxygen atoms in total. The Kier molecular flexibility index (Phi) is 5.66. The maximum Gasteiger partial charge on any atom is 0.124 e. The summed E-state index contributed by atoms with van der Waals surface area (Å²) in [6.45, 7) is 5.13. The predicted molar refractivity (Wildman–Crippen MR) is 93.0 cm³/mol. The van der Waals surface area contributed by atoms with Gasteiger partial charge >= 0.3 is 0 Å². The lowest BCUT2D eigenvalue weighted by Crippen LogP contribution is -2.21. The van der Waals surface area contributed by atoms with Crippen molar-refractivity contribution in [1.82, 2.24) is 5.32 Å². The summed E-state index contributed by atoms with van der Waals surface area (Å²) < 4.78 is 7.76. The molecule has 5 heteroatoms. The molecule has 1 aromatic heterocycles. The van der Waals surface area contributed by atoms with Crippen molar-refractivity contribution in [2.75, 3.05) is 13.7 Å². The van der Waals surface area contributed by atoms with E-state index in [0.29, 0.717) is 0 Å². The van der Waals surface area contributed by atoms with Crippen LogP contribution in [0.5, 0.6) is 5.75 Å². The van der Waals surface area contributed by atoms with Gasteiger partial charge in [0, 0.05) is 14.9 Å². The second-order valence-electron chi connectivity index (χ2n) is 4.48. The van der Waals surface area contributed by atoms with Gasteiger partial charge in [0.05, 0.1) is 16.9 Å². The van der Waals surface area contributed by atoms with Gasteiger partial charge in [0.25, 0.3) is 0 Å². The van der Waals surface area contributed by atoms with Crippen LogP contribution in [0.4, 0.5) is 0 Å². The molecule has 1 heterocycles. The number of ether oxygens (including phenoxy) is 1. The fraction of sp³-hybridized carbons (Fsp3) is 0.333. The first-order valence-corrected chi connectivity index (χ1v) is 8.79. The predicted octanol–water partition coefficient (Wildman–Crippen LogP) is 5.29. The highest BCUT2D eigenvalue weighted by molar-refractivity contribution is 9.11. The quantitative estimate of drug-likeness (QED) is 0.712. The molecule has 0 aliphatic heterocycles. The lowest BCUT2D eigenvalue weighted by molar-refractivity contribution is 0.404. The Morgan fingerprint density at radius 1 is 1.30 bits per heavy atom. The highest BCUT2D eigenvalue weighted by Crippen LogP contribution is 2.38. The van der Waals surface area contributed by atoms with Gasteiger partial charge in [-0.3, -0.25) is 0 Å². The molecule has 1 unspecified atom stereocenters. The first-order valence-electron chi connectivity index (χ1n) is 6.39. The molecule has 0 fully saturated rings. The molecule has 2 aromatic rings. The number of benzene rings is 1. The van der Waals surface area contributed by atoms with Gasteiger partial charge in [-0.2, -0.15) is 0 Å². The van der Waals surface area contributed by atoms with Crippen molar-refractivity contribution in [3.8, 4) is 5.75 Å². The van der Waals surface area contributed by atoms with Crippen molar-refractivity contribution in [3.05, 3.63) is 48.5 Å². The van der Waals surface area contributed by atoms with Crippen molar-refractivity contribution < 1.29 is 4.74 Å². The Balaban J connectivity index is 2.50. The summed E-state index contributed by atoms with van der Waals surface area (Å²) in [4.78, 5) is 1.28. The van der Waals surface area contributed by atoms with Crippen molar-refractivity contribution in [2.24, 2.45) is 0 Å². The molecular formula is C15H17Br2NOS. The van der Waals surface area contributed by atoms with Gasteiger partial charge in [-0.1, -0.05) is 22.9 Å². The molecule has 0 bridgehead atoms. The average Bonchev–Trinajstić information content (AvgIpc) is 2.75. The number of nitrogens with one attached hydrogen (secondary N) is 1. The SMILES string of the molecule is CCNC(c1cc(C)c(Br)s1)c1cc(Br)ccc1OC. The lowest BCUT2D eigenvalue weighted by atomic mass is 10.0. The minimum Gasteiger partial charge on any atom is -0.496 e. The number of hydrogen-bond acceptors (Lipinski definition) is 3. The third-order valence-corrected chi connectivity index (χ3v) is 5.77. The Morgan fingerprint density at radius 3 is 2.60 bits per heavy atom. The second-order valence-corrected chi connectivity index (χ2v) is 7.80. The van der Waals surface area contributed by atoms with E-state index in [0.717, 1.165) is 22.3 Å². The van der Waals surface area contributed by atoms with Crippen LogP contribution in [0.15, 0.2) is 32.5 Å². The zero-order valence-electron chi connectivity index (χ0n) is 11.7. The van der Waals surface area contributed by atoms with Gasteiger partial charge in [0.15, 0.2) is 0 Å². The third kappa shape index (κ3) is 3.45. The second kappa shape index (κ2) is 7.07. The highest BCUT2D eigenvalue weighted by atomic mass is 79.9. The minimum absolute atomic E-state index is 0.141. The zero-order valence-corrected chi connectivity index (χ0v) is 15.7. The lowest BCUT2D eigenvalue weighted by Gasteiger charge is -2.20. The van der Waals surface area contributed by atoms with Crippen LogP contribution in [-0.4, -0.2) is 13.7 Å². The standard InChI is InChI=1S/C15H17Br2NOS/c1-4-18-14(13-7-9(2)15(17)20-13)11-8-10(16)5-6-12(11)19-3/h5-8,14,18H,4H2,1-3H3. The van der Waals surface area contributed by atoms with Crippen LogP contribution in [0, 0.1) is 6.92 Å². The molecule has 1 atom stereocenters. The Hall–Kier alpha value is -0.360. The van der Waals surface area contributed by atoms with E-state index in [-0.39, 0.29) is 6.04 Å². The molecular weight excluding hydrogens is 402 g/mol. The molecule has 0 aliphatic carbocycles. The van der Waals surface area contributed by atoms with Crippen LogP contribution >= 0.6 is 43.2 Å². The van der Waals surface area contributed by atoms with Crippen molar-refractivity contribution in [3.63, 3.8) is 0 Å². The van der Waals surface area contributed by atoms with Crippen LogP contribution in [0.25, 0.3) is 0 Å². The maximum absolute atomic E-state index is 5.52. The molecule has 0 aliphatic rings. The van der Waals surface area contributed by atoms with Crippen LogP contribution in [0.1, 0.15) is 29.0 Å². The van der Waals surface area contributed by atoms with Crippen LogP contribution in [-0.2, 0) is 0 Å². The molecule has 108 valence electrons. The van der Waals surface area contributed by atoms with Crippen LogP contribution in [0.3, 0.4) is 0 Å². The molecule has 20 heavy (non-hydrogen) atoms. The fourth-order valence-corrected chi connectivity index (χ4v) is 4.17. The van der Waals surface area contributed by atoms with Crippen LogP contribution in [0.2, 0.25) is 0 Å². The Labute approximate surface area is 140 Å². The number of aryl methyl sites for hydroxylation is 1. The van der Waals surface area contributed by atoms with Crippen molar-refractivity contribution in [1.29, 1.82) is 0 Å². The van der Waals surface area contributed by atoms with Gasteiger partial charge in [-0.25, -0.2) is 0 Å². The third-order valence-electron chi connectivity index (χ3n) is 3.07. The van der Waals surface area contributed by atoms with Gasteiger partial charge in [-0.15, -0.1) is 11.3 Å².